The summed E-state index contributed by atoms with van der Waals surface area (Å²) in [5.41, 5.74) is 0.975. The van der Waals surface area contributed by atoms with Crippen LogP contribution < -0.4 is 14.8 Å². The molecule has 0 fully saturated rings. The lowest BCUT2D eigenvalue weighted by molar-refractivity contribution is -0.115. The largest absolute Gasteiger partial charge is 0.497 e. The summed E-state index contributed by atoms with van der Waals surface area (Å²) in [5.74, 6) is 1.09. The van der Waals surface area contributed by atoms with Gasteiger partial charge in [0, 0.05) is 5.69 Å². The predicted molar refractivity (Wildman–Crippen MR) is 129 cm³/mol. The standard InChI is InChI=1S/C25H23FN4O3S/c1-17(24(31)27-18-8-4-3-5-9-18)34-25-29-28-23(30(25)22-11-7-6-10-21(22)26)16-33-20-14-12-19(32-2)13-15-20/h3-15,17H,16H2,1-2H3,(H,27,31). The second-order valence-corrected chi connectivity index (χ2v) is 8.57. The third-order valence-corrected chi connectivity index (χ3v) is 5.96. The van der Waals surface area contributed by atoms with E-state index in [0.717, 1.165) is 0 Å². The van der Waals surface area contributed by atoms with E-state index in [0.29, 0.717) is 28.2 Å². The molecule has 0 radical (unpaired) electrons. The summed E-state index contributed by atoms with van der Waals surface area (Å²) in [7, 11) is 1.59. The zero-order valence-electron chi connectivity index (χ0n) is 18.6. The van der Waals surface area contributed by atoms with Gasteiger partial charge >= 0.3 is 0 Å². The zero-order chi connectivity index (χ0) is 23.9. The van der Waals surface area contributed by atoms with Gasteiger partial charge in [-0.25, -0.2) is 4.39 Å². The van der Waals surface area contributed by atoms with Gasteiger partial charge in [0.25, 0.3) is 0 Å². The Morgan fingerprint density at radius 2 is 1.68 bits per heavy atom. The smallest absolute Gasteiger partial charge is 0.237 e. The maximum Gasteiger partial charge on any atom is 0.237 e. The van der Waals surface area contributed by atoms with Crippen LogP contribution in [0.25, 0.3) is 5.69 Å². The van der Waals surface area contributed by atoms with Crippen molar-refractivity contribution in [2.45, 2.75) is 23.9 Å². The molecule has 4 rings (SSSR count). The number of carbonyl (C=O) groups is 1. The van der Waals surface area contributed by atoms with Crippen molar-refractivity contribution in [3.05, 3.63) is 90.5 Å². The van der Waals surface area contributed by atoms with E-state index >= 15 is 0 Å². The molecule has 9 heteroatoms. The van der Waals surface area contributed by atoms with Crippen LogP contribution >= 0.6 is 11.8 Å². The highest BCUT2D eigenvalue weighted by Gasteiger charge is 2.23. The van der Waals surface area contributed by atoms with Crippen LogP contribution in [0.4, 0.5) is 10.1 Å². The number of ether oxygens (including phenoxy) is 2. The number of methoxy groups -OCH3 is 1. The van der Waals surface area contributed by atoms with E-state index in [4.69, 9.17) is 9.47 Å². The lowest BCUT2D eigenvalue weighted by Gasteiger charge is -2.14. The Labute approximate surface area is 200 Å². The molecule has 7 nitrogen and oxygen atoms in total. The van der Waals surface area contributed by atoms with Gasteiger partial charge in [0.1, 0.15) is 23.9 Å². The summed E-state index contributed by atoms with van der Waals surface area (Å²) in [5, 5.41) is 11.2. The van der Waals surface area contributed by atoms with E-state index in [1.807, 2.05) is 30.3 Å². The van der Waals surface area contributed by atoms with Gasteiger partial charge in [-0.1, -0.05) is 42.1 Å². The molecule has 0 saturated heterocycles. The van der Waals surface area contributed by atoms with Crippen molar-refractivity contribution < 1.29 is 18.7 Å². The number of benzene rings is 3. The van der Waals surface area contributed by atoms with Crippen molar-refractivity contribution in [3.8, 4) is 17.2 Å². The lowest BCUT2D eigenvalue weighted by atomic mass is 10.3. The second kappa shape index (κ2) is 10.8. The van der Waals surface area contributed by atoms with Gasteiger partial charge in [-0.05, 0) is 55.5 Å². The molecule has 34 heavy (non-hydrogen) atoms. The van der Waals surface area contributed by atoms with Gasteiger partial charge < -0.3 is 14.8 Å². The highest BCUT2D eigenvalue weighted by Crippen LogP contribution is 2.28. The van der Waals surface area contributed by atoms with E-state index in [1.165, 1.54) is 17.8 Å². The number of rotatable bonds is 9. The molecule has 0 bridgehead atoms. The molecule has 3 aromatic carbocycles. The van der Waals surface area contributed by atoms with Crippen molar-refractivity contribution in [2.24, 2.45) is 0 Å². The van der Waals surface area contributed by atoms with Gasteiger partial charge in [0.15, 0.2) is 11.0 Å². The van der Waals surface area contributed by atoms with E-state index in [-0.39, 0.29) is 18.2 Å². The Bertz CT molecular complexity index is 1250. The van der Waals surface area contributed by atoms with Crippen LogP contribution in [0.3, 0.4) is 0 Å². The maximum absolute atomic E-state index is 14.7. The van der Waals surface area contributed by atoms with Gasteiger partial charge in [-0.2, -0.15) is 0 Å². The van der Waals surface area contributed by atoms with E-state index in [9.17, 15) is 9.18 Å². The first-order chi connectivity index (χ1) is 16.5. The minimum atomic E-state index is -0.509. The molecule has 0 spiro atoms. The summed E-state index contributed by atoms with van der Waals surface area (Å²) in [6.07, 6.45) is 0. The Hall–Kier alpha value is -3.85. The second-order valence-electron chi connectivity index (χ2n) is 7.27. The molecule has 0 aliphatic carbocycles. The molecule has 0 aliphatic heterocycles. The number of para-hydroxylation sites is 2. The monoisotopic (exact) mass is 478 g/mol. The van der Waals surface area contributed by atoms with Crippen LogP contribution in [-0.4, -0.2) is 33.0 Å². The Morgan fingerprint density at radius 1 is 1.00 bits per heavy atom. The summed E-state index contributed by atoms with van der Waals surface area (Å²) in [6, 6.07) is 22.6. The molecule has 1 heterocycles. The number of hydrogen-bond acceptors (Lipinski definition) is 6. The number of thioether (sulfide) groups is 1. The molecule has 174 valence electrons. The number of anilines is 1. The SMILES string of the molecule is COc1ccc(OCc2nnc(SC(C)C(=O)Nc3ccccc3)n2-c2ccccc2F)cc1. The third-order valence-electron chi connectivity index (χ3n) is 4.91. The number of nitrogens with one attached hydrogen (secondary N) is 1. The highest BCUT2D eigenvalue weighted by atomic mass is 32.2. The van der Waals surface area contributed by atoms with Crippen molar-refractivity contribution in [3.63, 3.8) is 0 Å². The minimum Gasteiger partial charge on any atom is -0.497 e. The Morgan fingerprint density at radius 3 is 2.38 bits per heavy atom. The minimum absolute atomic E-state index is 0.0544. The quantitative estimate of drug-likeness (QED) is 0.337. The van der Waals surface area contributed by atoms with Crippen molar-refractivity contribution in [1.29, 1.82) is 0 Å². The topological polar surface area (TPSA) is 78.3 Å². The molecular weight excluding hydrogens is 455 g/mol. The molecule has 1 unspecified atom stereocenters. The molecule has 1 N–H and O–H groups in total. The molecule has 4 aromatic rings. The summed E-state index contributed by atoms with van der Waals surface area (Å²) in [6.45, 7) is 1.82. The van der Waals surface area contributed by atoms with Crippen molar-refractivity contribution in [2.75, 3.05) is 12.4 Å². The van der Waals surface area contributed by atoms with Gasteiger partial charge in [0.2, 0.25) is 5.91 Å². The van der Waals surface area contributed by atoms with Crippen molar-refractivity contribution in [1.82, 2.24) is 14.8 Å². The summed E-state index contributed by atoms with van der Waals surface area (Å²) in [4.78, 5) is 12.7. The van der Waals surface area contributed by atoms with Crippen LogP contribution in [0.15, 0.2) is 84.0 Å². The predicted octanol–water partition coefficient (Wildman–Crippen LogP) is 5.11. The molecule has 1 aromatic heterocycles. The van der Waals surface area contributed by atoms with Crippen molar-refractivity contribution >= 4 is 23.4 Å². The fraction of sp³-hybridized carbons (Fsp3) is 0.160. The van der Waals surface area contributed by atoms with Crippen LogP contribution in [0, 0.1) is 5.82 Å². The van der Waals surface area contributed by atoms with Crippen LogP contribution in [0.5, 0.6) is 11.5 Å². The van der Waals surface area contributed by atoms with Crippen LogP contribution in [0.1, 0.15) is 12.7 Å². The number of hydrogen-bond donors (Lipinski definition) is 1. The number of amides is 1. The Balaban J connectivity index is 1.56. The molecule has 0 saturated carbocycles. The van der Waals surface area contributed by atoms with E-state index in [2.05, 4.69) is 15.5 Å². The highest BCUT2D eigenvalue weighted by molar-refractivity contribution is 8.00. The Kier molecular flexibility index (Phi) is 7.44. The fourth-order valence-electron chi connectivity index (χ4n) is 3.14. The summed E-state index contributed by atoms with van der Waals surface area (Å²) < 4.78 is 27.3. The van der Waals surface area contributed by atoms with Gasteiger partial charge in [-0.15, -0.1) is 10.2 Å². The fourth-order valence-corrected chi connectivity index (χ4v) is 4.02. The first-order valence-corrected chi connectivity index (χ1v) is 11.4. The normalized spacial score (nSPS) is 11.6. The average Bonchev–Trinajstić information content (AvgIpc) is 3.26. The van der Waals surface area contributed by atoms with Crippen LogP contribution in [-0.2, 0) is 11.4 Å². The van der Waals surface area contributed by atoms with Crippen LogP contribution in [0.2, 0.25) is 0 Å². The molecule has 1 atom stereocenters. The first-order valence-electron chi connectivity index (χ1n) is 10.5. The van der Waals surface area contributed by atoms with E-state index in [1.54, 1.807) is 61.1 Å². The van der Waals surface area contributed by atoms with E-state index < -0.39 is 11.1 Å². The van der Waals surface area contributed by atoms with Gasteiger partial charge in [-0.3, -0.25) is 9.36 Å². The zero-order valence-corrected chi connectivity index (χ0v) is 19.5. The number of halogens is 1. The maximum atomic E-state index is 14.7. The lowest BCUT2D eigenvalue weighted by Crippen LogP contribution is -2.23. The number of aromatic nitrogens is 3. The third kappa shape index (κ3) is 5.55. The average molecular weight is 479 g/mol. The molecular formula is C25H23FN4O3S. The van der Waals surface area contributed by atoms with Gasteiger partial charge in [0.05, 0.1) is 18.0 Å². The molecule has 0 aliphatic rings. The number of carbonyl (C=O) groups excluding carboxylic acids is 1. The molecule has 1 amide bonds. The summed E-state index contributed by atoms with van der Waals surface area (Å²) >= 11 is 1.19. The number of nitrogens with zero attached hydrogens (tertiary/aromatic N) is 3. The first kappa shape index (κ1) is 23.3.